The van der Waals surface area contributed by atoms with Gasteiger partial charge in [-0.15, -0.1) is 0 Å². The maximum Gasteiger partial charge on any atom is 0.227 e. The second-order valence-electron chi connectivity index (χ2n) is 9.94. The molecule has 9 heteroatoms. The summed E-state index contributed by atoms with van der Waals surface area (Å²) in [5.74, 6) is 1.54. The molecule has 1 fully saturated rings. The van der Waals surface area contributed by atoms with Gasteiger partial charge in [-0.05, 0) is 31.5 Å². The second kappa shape index (κ2) is 9.81. The highest BCUT2D eigenvalue weighted by Crippen LogP contribution is 2.38. The highest BCUT2D eigenvalue weighted by molar-refractivity contribution is 5.79. The van der Waals surface area contributed by atoms with Crippen molar-refractivity contribution in [1.82, 2.24) is 24.8 Å². The number of para-hydroxylation sites is 1. The summed E-state index contributed by atoms with van der Waals surface area (Å²) in [6.07, 6.45) is 2.91. The highest BCUT2D eigenvalue weighted by atomic mass is 16.2. The lowest BCUT2D eigenvalue weighted by molar-refractivity contribution is -0.129. The molecule has 0 saturated carbocycles. The molecule has 2 aromatic heterocycles. The third kappa shape index (κ3) is 4.51. The number of anilines is 2. The lowest BCUT2D eigenvalue weighted by atomic mass is 10.1. The Morgan fingerprint density at radius 3 is 2.61 bits per heavy atom. The Morgan fingerprint density at radius 1 is 1.17 bits per heavy atom. The second-order valence-corrected chi connectivity index (χ2v) is 9.94. The number of pyridine rings is 1. The van der Waals surface area contributed by atoms with Crippen molar-refractivity contribution in [2.45, 2.75) is 45.9 Å². The third-order valence-corrected chi connectivity index (χ3v) is 7.21. The summed E-state index contributed by atoms with van der Waals surface area (Å²) in [5, 5.41) is 1.10. The van der Waals surface area contributed by atoms with E-state index in [2.05, 4.69) is 45.7 Å². The first-order valence-corrected chi connectivity index (χ1v) is 12.5. The average Bonchev–Trinajstić information content (AvgIpc) is 3.27. The maximum absolute atomic E-state index is 12.2. The fourth-order valence-electron chi connectivity index (χ4n) is 5.19. The van der Waals surface area contributed by atoms with Gasteiger partial charge in [0.1, 0.15) is 18.1 Å². The molecule has 1 saturated heterocycles. The molecule has 188 valence electrons. The van der Waals surface area contributed by atoms with Crippen LogP contribution < -0.4 is 9.80 Å². The molecule has 0 spiro atoms. The van der Waals surface area contributed by atoms with E-state index in [1.165, 1.54) is 0 Å². The van der Waals surface area contributed by atoms with Crippen molar-refractivity contribution in [3.05, 3.63) is 53.3 Å². The fourth-order valence-corrected chi connectivity index (χ4v) is 5.19. The predicted octanol–water partition coefficient (Wildman–Crippen LogP) is 2.79. The van der Waals surface area contributed by atoms with Gasteiger partial charge in [-0.3, -0.25) is 14.7 Å². The van der Waals surface area contributed by atoms with Gasteiger partial charge in [0.05, 0.1) is 11.2 Å². The van der Waals surface area contributed by atoms with Crippen LogP contribution in [-0.2, 0) is 22.7 Å². The lowest BCUT2D eigenvalue weighted by Crippen LogP contribution is -2.48. The summed E-state index contributed by atoms with van der Waals surface area (Å²) >= 11 is 0. The summed E-state index contributed by atoms with van der Waals surface area (Å²) in [5.41, 5.74) is 3.85. The molecule has 2 aliphatic rings. The van der Waals surface area contributed by atoms with E-state index < -0.39 is 6.04 Å². The molecule has 0 N–H and O–H groups in total. The van der Waals surface area contributed by atoms with Crippen LogP contribution in [0.4, 0.5) is 11.8 Å². The van der Waals surface area contributed by atoms with Crippen LogP contribution in [0.25, 0.3) is 10.9 Å². The number of piperazine rings is 1. The highest BCUT2D eigenvalue weighted by Gasteiger charge is 2.37. The topological polar surface area (TPSA) is 85.8 Å². The number of fused-ring (bicyclic) bond motifs is 2. The molecule has 0 aliphatic carbocycles. The molecule has 1 amide bonds. The number of aromatic nitrogens is 3. The van der Waals surface area contributed by atoms with Gasteiger partial charge in [0.25, 0.3) is 0 Å². The third-order valence-electron chi connectivity index (χ3n) is 7.21. The number of hydrogen-bond acceptors (Lipinski definition) is 8. The van der Waals surface area contributed by atoms with Gasteiger partial charge < -0.3 is 19.5 Å². The van der Waals surface area contributed by atoms with Gasteiger partial charge in [-0.2, -0.15) is 4.98 Å². The monoisotopic (exact) mass is 487 g/mol. The summed E-state index contributed by atoms with van der Waals surface area (Å²) in [6.45, 7) is 9.66. The molecule has 0 radical (unpaired) electrons. The van der Waals surface area contributed by atoms with E-state index >= 15 is 0 Å². The number of amides is 1. The Balaban J connectivity index is 1.50. The van der Waals surface area contributed by atoms with E-state index in [0.29, 0.717) is 45.2 Å². The molecule has 1 aromatic carbocycles. The zero-order valence-corrected chi connectivity index (χ0v) is 21.4. The molecule has 36 heavy (non-hydrogen) atoms. The average molecular weight is 488 g/mol. The standard InChI is InChI=1S/C27H33N7O2/c1-18(2)34-16-22-25(24(34)17-35)29-27(33-11-9-32(10-12-33)19(3)36)30-26(22)31(4)15-20-13-21-7-5-6-8-23(21)28-14-20/h5-8,13-14,17-18,24H,9-12,15-16H2,1-4H3. The van der Waals surface area contributed by atoms with Crippen LogP contribution in [0, 0.1) is 0 Å². The van der Waals surface area contributed by atoms with Crippen molar-refractivity contribution >= 4 is 34.9 Å². The molecular formula is C27H33N7O2. The Bertz CT molecular complexity index is 1290. The van der Waals surface area contributed by atoms with E-state index in [1.54, 1.807) is 6.92 Å². The lowest BCUT2D eigenvalue weighted by Gasteiger charge is -2.35. The first-order chi connectivity index (χ1) is 17.4. The molecule has 1 unspecified atom stereocenters. The van der Waals surface area contributed by atoms with Crippen molar-refractivity contribution in [2.75, 3.05) is 43.0 Å². The van der Waals surface area contributed by atoms with Crippen LogP contribution >= 0.6 is 0 Å². The molecule has 9 nitrogen and oxygen atoms in total. The number of carbonyl (C=O) groups excluding carboxylic acids is 2. The number of benzene rings is 1. The molecule has 1 atom stereocenters. The van der Waals surface area contributed by atoms with Gasteiger partial charge in [0.2, 0.25) is 11.9 Å². The Kier molecular flexibility index (Phi) is 6.57. The molecule has 2 aliphatic heterocycles. The number of aldehydes is 1. The van der Waals surface area contributed by atoms with Gasteiger partial charge in [0.15, 0.2) is 0 Å². The van der Waals surface area contributed by atoms with Crippen molar-refractivity contribution in [1.29, 1.82) is 0 Å². The Labute approximate surface area is 211 Å². The van der Waals surface area contributed by atoms with Crippen molar-refractivity contribution in [3.8, 4) is 0 Å². The van der Waals surface area contributed by atoms with Gasteiger partial charge >= 0.3 is 0 Å². The van der Waals surface area contributed by atoms with Gasteiger partial charge in [-0.25, -0.2) is 4.98 Å². The SMILES string of the molecule is CC(=O)N1CCN(c2nc3c(c(N(C)Cc4cnc5ccccc5c4)n2)CN(C(C)C)C3C=O)CC1. The molecule has 0 bridgehead atoms. The van der Waals surface area contributed by atoms with Crippen LogP contribution in [0.2, 0.25) is 0 Å². The fraction of sp³-hybridized carbons (Fsp3) is 0.444. The zero-order valence-electron chi connectivity index (χ0n) is 21.4. The quantitative estimate of drug-likeness (QED) is 0.491. The summed E-state index contributed by atoms with van der Waals surface area (Å²) in [6, 6.07) is 10.1. The maximum atomic E-state index is 12.2. The summed E-state index contributed by atoms with van der Waals surface area (Å²) in [7, 11) is 2.03. The van der Waals surface area contributed by atoms with E-state index in [1.807, 2.05) is 36.3 Å². The first-order valence-electron chi connectivity index (χ1n) is 12.5. The predicted molar refractivity (Wildman–Crippen MR) is 140 cm³/mol. The Morgan fingerprint density at radius 2 is 1.92 bits per heavy atom. The number of nitrogens with zero attached hydrogens (tertiary/aromatic N) is 7. The summed E-state index contributed by atoms with van der Waals surface area (Å²) < 4.78 is 0. The van der Waals surface area contributed by atoms with E-state index in [9.17, 15) is 9.59 Å². The number of rotatable bonds is 6. The van der Waals surface area contributed by atoms with E-state index in [4.69, 9.17) is 9.97 Å². The van der Waals surface area contributed by atoms with E-state index in [0.717, 1.165) is 39.8 Å². The van der Waals surface area contributed by atoms with Crippen molar-refractivity contribution in [3.63, 3.8) is 0 Å². The normalized spacial score (nSPS) is 18.1. The van der Waals surface area contributed by atoms with Crippen LogP contribution in [0.5, 0.6) is 0 Å². The zero-order chi connectivity index (χ0) is 25.4. The minimum Gasteiger partial charge on any atom is -0.355 e. The van der Waals surface area contributed by atoms with Gasteiger partial charge in [0, 0.05) is 76.4 Å². The minimum absolute atomic E-state index is 0.0857. The summed E-state index contributed by atoms with van der Waals surface area (Å²) in [4.78, 5) is 46.8. The minimum atomic E-state index is -0.394. The van der Waals surface area contributed by atoms with Crippen LogP contribution in [0.15, 0.2) is 36.5 Å². The van der Waals surface area contributed by atoms with Crippen molar-refractivity contribution in [2.24, 2.45) is 0 Å². The largest absolute Gasteiger partial charge is 0.355 e. The number of hydrogen-bond donors (Lipinski definition) is 0. The van der Waals surface area contributed by atoms with Crippen LogP contribution in [0.1, 0.15) is 43.6 Å². The van der Waals surface area contributed by atoms with E-state index in [-0.39, 0.29) is 11.9 Å². The first kappa shape index (κ1) is 24.1. The molecule has 4 heterocycles. The molecule has 5 rings (SSSR count). The molecular weight excluding hydrogens is 454 g/mol. The Hall–Kier alpha value is -3.59. The van der Waals surface area contributed by atoms with Crippen LogP contribution in [-0.4, -0.2) is 76.2 Å². The van der Waals surface area contributed by atoms with Crippen molar-refractivity contribution < 1.29 is 9.59 Å². The smallest absolute Gasteiger partial charge is 0.227 e. The number of carbonyl (C=O) groups is 2. The van der Waals surface area contributed by atoms with Gasteiger partial charge in [-0.1, -0.05) is 18.2 Å². The van der Waals surface area contributed by atoms with Crippen LogP contribution in [0.3, 0.4) is 0 Å². The molecule has 3 aromatic rings.